The van der Waals surface area contributed by atoms with Gasteiger partial charge in [0.1, 0.15) is 6.04 Å². The van der Waals surface area contributed by atoms with E-state index in [9.17, 15) is 15.4 Å². The van der Waals surface area contributed by atoms with Gasteiger partial charge >= 0.3 is 0 Å². The molecule has 2 aromatic rings. The van der Waals surface area contributed by atoms with Crippen molar-refractivity contribution in [3.05, 3.63) is 70.0 Å². The minimum atomic E-state index is -0.594. The molecule has 1 unspecified atom stereocenters. The summed E-state index contributed by atoms with van der Waals surface area (Å²) >= 11 is 0. The van der Waals surface area contributed by atoms with Gasteiger partial charge in [0.2, 0.25) is 0 Å². The number of hydrogen-bond acceptors (Lipinski definition) is 5. The lowest BCUT2D eigenvalue weighted by atomic mass is 10.1. The van der Waals surface area contributed by atoms with Gasteiger partial charge in [0.25, 0.3) is 5.69 Å². The largest absolute Gasteiger partial charge is 0.294 e. The molecule has 0 aliphatic rings. The second-order valence-corrected chi connectivity index (χ2v) is 4.15. The number of nitro groups is 1. The van der Waals surface area contributed by atoms with Crippen LogP contribution in [-0.4, -0.2) is 9.91 Å². The molecular formula is C14H12N4O2. The van der Waals surface area contributed by atoms with Gasteiger partial charge in [0.15, 0.2) is 0 Å². The number of nitrogens with one attached hydrogen (secondary N) is 1. The summed E-state index contributed by atoms with van der Waals surface area (Å²) in [5, 5.41) is 23.0. The van der Waals surface area contributed by atoms with E-state index < -0.39 is 11.0 Å². The predicted octanol–water partition coefficient (Wildman–Crippen LogP) is 2.34. The lowest BCUT2D eigenvalue weighted by molar-refractivity contribution is -0.384. The number of aromatic nitrogens is 1. The van der Waals surface area contributed by atoms with Gasteiger partial charge in [-0.3, -0.25) is 20.4 Å². The normalized spacial score (nSPS) is 11.6. The van der Waals surface area contributed by atoms with E-state index in [1.165, 1.54) is 12.1 Å². The van der Waals surface area contributed by atoms with E-state index >= 15 is 0 Å². The van der Waals surface area contributed by atoms with E-state index in [0.717, 1.165) is 5.56 Å². The molecule has 0 amide bonds. The van der Waals surface area contributed by atoms with Gasteiger partial charge in [-0.1, -0.05) is 12.1 Å². The standard InChI is InChI=1S/C14H12N4O2/c15-9-14(17-10-11-4-6-16-7-5-11)12-2-1-3-13(8-12)18(19)20/h1-8,14,17H,10H2. The van der Waals surface area contributed by atoms with E-state index in [1.807, 2.05) is 12.1 Å². The van der Waals surface area contributed by atoms with Crippen molar-refractivity contribution < 1.29 is 4.92 Å². The van der Waals surface area contributed by atoms with Crippen LogP contribution in [0, 0.1) is 21.4 Å². The highest BCUT2D eigenvalue weighted by Crippen LogP contribution is 2.19. The van der Waals surface area contributed by atoms with Crippen LogP contribution in [0.4, 0.5) is 5.69 Å². The van der Waals surface area contributed by atoms with E-state index in [2.05, 4.69) is 16.4 Å². The zero-order valence-corrected chi connectivity index (χ0v) is 10.6. The third-order valence-electron chi connectivity index (χ3n) is 2.80. The molecule has 1 heterocycles. The summed E-state index contributed by atoms with van der Waals surface area (Å²) in [7, 11) is 0. The Hall–Kier alpha value is -2.78. The number of non-ortho nitro benzene ring substituents is 1. The summed E-state index contributed by atoms with van der Waals surface area (Å²) in [6.07, 6.45) is 3.34. The summed E-state index contributed by atoms with van der Waals surface area (Å²) in [5.74, 6) is 0. The van der Waals surface area contributed by atoms with E-state index in [-0.39, 0.29) is 5.69 Å². The van der Waals surface area contributed by atoms with Gasteiger partial charge in [0.05, 0.1) is 11.0 Å². The first-order valence-corrected chi connectivity index (χ1v) is 5.97. The number of rotatable bonds is 5. The molecule has 1 atom stereocenters. The first kappa shape index (κ1) is 13.6. The predicted molar refractivity (Wildman–Crippen MR) is 72.5 cm³/mol. The number of nitriles is 1. The van der Waals surface area contributed by atoms with Crippen LogP contribution in [-0.2, 0) is 6.54 Å². The lowest BCUT2D eigenvalue weighted by Gasteiger charge is -2.11. The summed E-state index contributed by atoms with van der Waals surface area (Å²) in [5.41, 5.74) is 1.55. The first-order chi connectivity index (χ1) is 9.70. The van der Waals surface area contributed by atoms with Crippen molar-refractivity contribution in [1.29, 1.82) is 5.26 Å². The Morgan fingerprint density at radius 1 is 1.35 bits per heavy atom. The fourth-order valence-electron chi connectivity index (χ4n) is 1.78. The van der Waals surface area contributed by atoms with E-state index in [1.54, 1.807) is 24.5 Å². The Kier molecular flexibility index (Phi) is 4.37. The number of nitro benzene ring substituents is 1. The van der Waals surface area contributed by atoms with Crippen molar-refractivity contribution in [2.45, 2.75) is 12.6 Å². The second kappa shape index (κ2) is 6.41. The molecule has 100 valence electrons. The van der Waals surface area contributed by atoms with Crippen molar-refractivity contribution in [2.24, 2.45) is 0 Å². The van der Waals surface area contributed by atoms with Crippen molar-refractivity contribution in [3.63, 3.8) is 0 Å². The third-order valence-corrected chi connectivity index (χ3v) is 2.80. The van der Waals surface area contributed by atoms with Crippen LogP contribution in [0.15, 0.2) is 48.8 Å². The third kappa shape index (κ3) is 3.37. The maximum Gasteiger partial charge on any atom is 0.269 e. The van der Waals surface area contributed by atoms with Crippen LogP contribution in [0.25, 0.3) is 0 Å². The van der Waals surface area contributed by atoms with Crippen molar-refractivity contribution >= 4 is 5.69 Å². The molecule has 2 rings (SSSR count). The zero-order valence-electron chi connectivity index (χ0n) is 10.6. The molecule has 0 aliphatic carbocycles. The van der Waals surface area contributed by atoms with E-state index in [0.29, 0.717) is 12.1 Å². The highest BCUT2D eigenvalue weighted by Gasteiger charge is 2.13. The molecular weight excluding hydrogens is 256 g/mol. The zero-order chi connectivity index (χ0) is 14.4. The van der Waals surface area contributed by atoms with Crippen molar-refractivity contribution in [2.75, 3.05) is 0 Å². The molecule has 1 aromatic carbocycles. The fourth-order valence-corrected chi connectivity index (χ4v) is 1.78. The lowest BCUT2D eigenvalue weighted by Crippen LogP contribution is -2.19. The molecule has 0 fully saturated rings. The molecule has 6 nitrogen and oxygen atoms in total. The molecule has 6 heteroatoms. The van der Waals surface area contributed by atoms with Crippen LogP contribution in [0.2, 0.25) is 0 Å². The maximum absolute atomic E-state index is 10.7. The summed E-state index contributed by atoms with van der Waals surface area (Å²) in [4.78, 5) is 14.2. The molecule has 0 spiro atoms. The van der Waals surface area contributed by atoms with Gasteiger partial charge < -0.3 is 0 Å². The van der Waals surface area contributed by atoms with Crippen LogP contribution in [0.1, 0.15) is 17.2 Å². The van der Waals surface area contributed by atoms with Crippen LogP contribution < -0.4 is 5.32 Å². The number of pyridine rings is 1. The Bertz CT molecular complexity index is 637. The van der Waals surface area contributed by atoms with E-state index in [4.69, 9.17) is 0 Å². The molecule has 1 N–H and O–H groups in total. The molecule has 0 aliphatic heterocycles. The maximum atomic E-state index is 10.7. The second-order valence-electron chi connectivity index (χ2n) is 4.15. The van der Waals surface area contributed by atoms with Gasteiger partial charge in [-0.05, 0) is 23.3 Å². The minimum Gasteiger partial charge on any atom is -0.294 e. The Morgan fingerprint density at radius 3 is 2.75 bits per heavy atom. The molecule has 0 saturated heterocycles. The van der Waals surface area contributed by atoms with Gasteiger partial charge in [-0.2, -0.15) is 5.26 Å². The van der Waals surface area contributed by atoms with Crippen LogP contribution >= 0.6 is 0 Å². The summed E-state index contributed by atoms with van der Waals surface area (Å²) in [6.45, 7) is 0.490. The topological polar surface area (TPSA) is 91.8 Å². The van der Waals surface area contributed by atoms with Crippen molar-refractivity contribution in [3.8, 4) is 6.07 Å². The van der Waals surface area contributed by atoms with Crippen LogP contribution in [0.5, 0.6) is 0 Å². The number of benzene rings is 1. The highest BCUT2D eigenvalue weighted by atomic mass is 16.6. The SMILES string of the molecule is N#CC(NCc1ccncc1)c1cccc([N+](=O)[O-])c1. The number of hydrogen-bond donors (Lipinski definition) is 1. The molecule has 0 bridgehead atoms. The van der Waals surface area contributed by atoms with Gasteiger partial charge in [-0.25, -0.2) is 0 Å². The Morgan fingerprint density at radius 2 is 2.10 bits per heavy atom. The smallest absolute Gasteiger partial charge is 0.269 e. The summed E-state index contributed by atoms with van der Waals surface area (Å²) in [6, 6.07) is 11.3. The monoisotopic (exact) mass is 268 g/mol. The van der Waals surface area contributed by atoms with Crippen LogP contribution in [0.3, 0.4) is 0 Å². The quantitative estimate of drug-likeness (QED) is 0.663. The summed E-state index contributed by atoms with van der Waals surface area (Å²) < 4.78 is 0. The van der Waals surface area contributed by atoms with Crippen molar-refractivity contribution in [1.82, 2.24) is 10.3 Å². The molecule has 0 radical (unpaired) electrons. The van der Waals surface area contributed by atoms with Gasteiger partial charge in [0, 0.05) is 31.1 Å². The Labute approximate surface area is 115 Å². The molecule has 0 saturated carbocycles. The molecule has 1 aromatic heterocycles. The average Bonchev–Trinajstić information content (AvgIpc) is 2.49. The first-order valence-electron chi connectivity index (χ1n) is 5.97. The minimum absolute atomic E-state index is 0.0199. The Balaban J connectivity index is 2.11. The molecule has 20 heavy (non-hydrogen) atoms. The highest BCUT2D eigenvalue weighted by molar-refractivity contribution is 5.37. The average molecular weight is 268 g/mol. The fraction of sp³-hybridized carbons (Fsp3) is 0.143. The van der Waals surface area contributed by atoms with Gasteiger partial charge in [-0.15, -0.1) is 0 Å². The number of nitrogens with zero attached hydrogens (tertiary/aromatic N) is 3.